The lowest BCUT2D eigenvalue weighted by Gasteiger charge is -2.25. The normalized spacial score (nSPS) is 16.5. The van der Waals surface area contributed by atoms with Gasteiger partial charge in [0.1, 0.15) is 12.1 Å². The molecule has 0 bridgehead atoms. The molecule has 0 saturated carbocycles. The molecule has 28 heavy (non-hydrogen) atoms. The fourth-order valence-corrected chi connectivity index (χ4v) is 3.68. The summed E-state index contributed by atoms with van der Waals surface area (Å²) in [7, 11) is 0. The second-order valence-corrected chi connectivity index (χ2v) is 6.98. The van der Waals surface area contributed by atoms with Crippen molar-refractivity contribution in [2.24, 2.45) is 0 Å². The van der Waals surface area contributed by atoms with Crippen LogP contribution in [-0.2, 0) is 17.9 Å². The van der Waals surface area contributed by atoms with Gasteiger partial charge in [-0.05, 0) is 30.5 Å². The summed E-state index contributed by atoms with van der Waals surface area (Å²) in [6, 6.07) is 13.2. The SMILES string of the molecule is CC(=O)c1nc2cccnc2n1CC1CCCN1C(=O)OCc1ccccc1. The number of ketones is 1. The van der Waals surface area contributed by atoms with E-state index in [2.05, 4.69) is 9.97 Å². The Labute approximate surface area is 163 Å². The lowest BCUT2D eigenvalue weighted by Crippen LogP contribution is -2.38. The van der Waals surface area contributed by atoms with Crippen LogP contribution in [-0.4, -0.2) is 43.9 Å². The molecule has 1 amide bonds. The number of ether oxygens (including phenoxy) is 1. The first kappa shape index (κ1) is 18.2. The summed E-state index contributed by atoms with van der Waals surface area (Å²) >= 11 is 0. The van der Waals surface area contributed by atoms with Crippen LogP contribution in [0.2, 0.25) is 0 Å². The average Bonchev–Trinajstić information content (AvgIpc) is 3.32. The summed E-state index contributed by atoms with van der Waals surface area (Å²) < 4.78 is 7.33. The number of nitrogens with zero attached hydrogens (tertiary/aromatic N) is 4. The quantitative estimate of drug-likeness (QED) is 0.636. The number of Topliss-reactive ketones (excluding diaryl/α,β-unsaturated/α-hetero) is 1. The Morgan fingerprint density at radius 2 is 2.00 bits per heavy atom. The van der Waals surface area contributed by atoms with Gasteiger partial charge < -0.3 is 14.2 Å². The minimum Gasteiger partial charge on any atom is -0.445 e. The topological polar surface area (TPSA) is 77.3 Å². The van der Waals surface area contributed by atoms with E-state index in [9.17, 15) is 9.59 Å². The van der Waals surface area contributed by atoms with Crippen molar-refractivity contribution < 1.29 is 14.3 Å². The Balaban J connectivity index is 1.51. The first-order valence-electron chi connectivity index (χ1n) is 9.43. The lowest BCUT2D eigenvalue weighted by atomic mass is 10.2. The fourth-order valence-electron chi connectivity index (χ4n) is 3.68. The number of hydrogen-bond donors (Lipinski definition) is 0. The van der Waals surface area contributed by atoms with Crippen molar-refractivity contribution in [2.75, 3.05) is 6.54 Å². The highest BCUT2D eigenvalue weighted by molar-refractivity contribution is 5.94. The zero-order chi connectivity index (χ0) is 19.5. The van der Waals surface area contributed by atoms with Gasteiger partial charge in [-0.25, -0.2) is 14.8 Å². The van der Waals surface area contributed by atoms with Crippen LogP contribution in [0.5, 0.6) is 0 Å². The van der Waals surface area contributed by atoms with Crippen LogP contribution < -0.4 is 0 Å². The van der Waals surface area contributed by atoms with Crippen molar-refractivity contribution in [3.63, 3.8) is 0 Å². The minimum absolute atomic E-state index is 0.0548. The number of likely N-dealkylation sites (tertiary alicyclic amines) is 1. The summed E-state index contributed by atoms with van der Waals surface area (Å²) in [6.45, 7) is 2.87. The van der Waals surface area contributed by atoms with Gasteiger partial charge in [0.15, 0.2) is 17.3 Å². The predicted molar refractivity (Wildman–Crippen MR) is 104 cm³/mol. The standard InChI is InChI=1S/C21H22N4O3/c1-15(26)19-23-18-10-5-11-22-20(18)25(19)13-17-9-6-12-24(17)21(27)28-14-16-7-3-2-4-8-16/h2-5,7-8,10-11,17H,6,9,12-14H2,1H3. The number of benzene rings is 1. The fraction of sp³-hybridized carbons (Fsp3) is 0.333. The molecule has 2 aromatic heterocycles. The molecule has 0 spiro atoms. The zero-order valence-electron chi connectivity index (χ0n) is 15.7. The van der Waals surface area contributed by atoms with Gasteiger partial charge in [-0.1, -0.05) is 30.3 Å². The number of imidazole rings is 1. The minimum atomic E-state index is -0.326. The van der Waals surface area contributed by atoms with Crippen LogP contribution in [0.15, 0.2) is 48.7 Å². The second-order valence-electron chi connectivity index (χ2n) is 6.98. The van der Waals surface area contributed by atoms with E-state index in [0.29, 0.717) is 30.1 Å². The van der Waals surface area contributed by atoms with Crippen LogP contribution in [0, 0.1) is 0 Å². The van der Waals surface area contributed by atoms with E-state index in [0.717, 1.165) is 18.4 Å². The number of fused-ring (bicyclic) bond motifs is 1. The molecule has 4 rings (SSSR count). The van der Waals surface area contributed by atoms with Gasteiger partial charge >= 0.3 is 6.09 Å². The highest BCUT2D eigenvalue weighted by atomic mass is 16.6. The molecule has 7 heteroatoms. The molecular weight excluding hydrogens is 356 g/mol. The number of aromatic nitrogens is 3. The molecule has 7 nitrogen and oxygen atoms in total. The third-order valence-electron chi connectivity index (χ3n) is 5.03. The third kappa shape index (κ3) is 3.60. The lowest BCUT2D eigenvalue weighted by molar-refractivity contribution is 0.0892. The van der Waals surface area contributed by atoms with Gasteiger partial charge in [-0.3, -0.25) is 4.79 Å². The first-order chi connectivity index (χ1) is 13.6. The van der Waals surface area contributed by atoms with E-state index >= 15 is 0 Å². The number of carbonyl (C=O) groups is 2. The number of hydrogen-bond acceptors (Lipinski definition) is 5. The number of amides is 1. The highest BCUT2D eigenvalue weighted by Gasteiger charge is 2.31. The highest BCUT2D eigenvalue weighted by Crippen LogP contribution is 2.23. The Kier molecular flexibility index (Phi) is 5.06. The van der Waals surface area contributed by atoms with Crippen LogP contribution in [0.3, 0.4) is 0 Å². The molecule has 1 aromatic carbocycles. The maximum atomic E-state index is 12.6. The Bertz CT molecular complexity index is 999. The van der Waals surface area contributed by atoms with E-state index in [1.165, 1.54) is 6.92 Å². The van der Waals surface area contributed by atoms with E-state index in [1.54, 1.807) is 17.2 Å². The van der Waals surface area contributed by atoms with E-state index in [4.69, 9.17) is 4.74 Å². The van der Waals surface area contributed by atoms with Crippen LogP contribution >= 0.6 is 0 Å². The molecule has 1 saturated heterocycles. The molecule has 0 N–H and O–H groups in total. The van der Waals surface area contributed by atoms with E-state index in [1.807, 2.05) is 41.0 Å². The van der Waals surface area contributed by atoms with Crippen molar-refractivity contribution in [3.8, 4) is 0 Å². The number of carbonyl (C=O) groups excluding carboxylic acids is 2. The summed E-state index contributed by atoms with van der Waals surface area (Å²) in [5, 5.41) is 0. The van der Waals surface area contributed by atoms with E-state index in [-0.39, 0.29) is 24.5 Å². The number of pyridine rings is 1. The van der Waals surface area contributed by atoms with E-state index < -0.39 is 0 Å². The second kappa shape index (κ2) is 7.80. The van der Waals surface area contributed by atoms with Gasteiger partial charge in [0.05, 0.1) is 6.04 Å². The first-order valence-corrected chi connectivity index (χ1v) is 9.43. The molecule has 0 aliphatic carbocycles. The van der Waals surface area contributed by atoms with Gasteiger partial charge in [-0.2, -0.15) is 0 Å². The molecule has 0 radical (unpaired) electrons. The van der Waals surface area contributed by atoms with Crippen molar-refractivity contribution >= 4 is 23.0 Å². The maximum absolute atomic E-state index is 12.6. The van der Waals surface area contributed by atoms with Crippen molar-refractivity contribution in [1.82, 2.24) is 19.4 Å². The molecule has 1 unspecified atom stereocenters. The predicted octanol–water partition coefficient (Wildman–Crippen LogP) is 3.44. The Hall–Kier alpha value is -3.22. The zero-order valence-corrected chi connectivity index (χ0v) is 15.7. The van der Waals surface area contributed by atoms with Crippen molar-refractivity contribution in [1.29, 1.82) is 0 Å². The summed E-state index contributed by atoms with van der Waals surface area (Å²) in [5.41, 5.74) is 2.30. The molecule has 144 valence electrons. The molecule has 1 atom stereocenters. The summed E-state index contributed by atoms with van der Waals surface area (Å²) in [4.78, 5) is 35.3. The molecule has 3 aromatic rings. The van der Waals surface area contributed by atoms with Crippen LogP contribution in [0.1, 0.15) is 35.9 Å². The molecule has 3 heterocycles. The summed E-state index contributed by atoms with van der Waals surface area (Å²) in [5.74, 6) is 0.257. The Morgan fingerprint density at radius 3 is 2.79 bits per heavy atom. The largest absolute Gasteiger partial charge is 0.445 e. The van der Waals surface area contributed by atoms with Gasteiger partial charge in [0, 0.05) is 26.2 Å². The third-order valence-corrected chi connectivity index (χ3v) is 5.03. The average molecular weight is 378 g/mol. The van der Waals surface area contributed by atoms with Crippen molar-refractivity contribution in [3.05, 3.63) is 60.0 Å². The monoisotopic (exact) mass is 378 g/mol. The smallest absolute Gasteiger partial charge is 0.410 e. The van der Waals surface area contributed by atoms with Gasteiger partial charge in [0.2, 0.25) is 0 Å². The molecule has 1 aliphatic heterocycles. The van der Waals surface area contributed by atoms with Crippen LogP contribution in [0.25, 0.3) is 11.2 Å². The molecular formula is C21H22N4O3. The summed E-state index contributed by atoms with van der Waals surface area (Å²) in [6.07, 6.45) is 3.11. The van der Waals surface area contributed by atoms with Crippen molar-refractivity contribution in [2.45, 2.75) is 39.0 Å². The molecule has 1 fully saturated rings. The van der Waals surface area contributed by atoms with Gasteiger partial charge in [0.25, 0.3) is 0 Å². The number of rotatable bonds is 5. The maximum Gasteiger partial charge on any atom is 0.410 e. The van der Waals surface area contributed by atoms with Crippen LogP contribution in [0.4, 0.5) is 4.79 Å². The molecule has 1 aliphatic rings. The Morgan fingerprint density at radius 1 is 1.18 bits per heavy atom. The van der Waals surface area contributed by atoms with Gasteiger partial charge in [-0.15, -0.1) is 0 Å².